The number of ether oxygens (including phenoxy) is 1. The molecule has 1 aromatic carbocycles. The first kappa shape index (κ1) is 14.4. The van der Waals surface area contributed by atoms with E-state index in [9.17, 15) is 4.79 Å². The van der Waals surface area contributed by atoms with Crippen molar-refractivity contribution < 1.29 is 14.6 Å². The molecule has 0 spiro atoms. The average molecular weight is 291 g/mol. The van der Waals surface area contributed by atoms with Crippen LogP contribution in [0, 0.1) is 0 Å². The predicted molar refractivity (Wildman–Crippen MR) is 80.8 cm³/mol. The van der Waals surface area contributed by atoms with Crippen molar-refractivity contribution in [3.8, 4) is 5.75 Å². The number of carboxylic acid groups (broad SMARTS) is 1. The first-order valence-electron chi connectivity index (χ1n) is 6.46. The van der Waals surface area contributed by atoms with Gasteiger partial charge in [-0.05, 0) is 36.8 Å². The minimum absolute atomic E-state index is 0.343. The highest BCUT2D eigenvalue weighted by molar-refractivity contribution is 7.10. The number of benzene rings is 1. The molecule has 1 aromatic heterocycles. The van der Waals surface area contributed by atoms with Crippen molar-refractivity contribution in [2.75, 3.05) is 11.9 Å². The van der Waals surface area contributed by atoms with Gasteiger partial charge >= 0.3 is 5.97 Å². The minimum atomic E-state index is -0.884. The van der Waals surface area contributed by atoms with Gasteiger partial charge in [0, 0.05) is 22.5 Å². The lowest BCUT2D eigenvalue weighted by molar-refractivity contribution is 0.0697. The Balaban J connectivity index is 1.88. The predicted octanol–water partition coefficient (Wildman–Crippen LogP) is 3.85. The molecule has 0 aliphatic carbocycles. The number of hydrogen-bond acceptors (Lipinski definition) is 4. The van der Waals surface area contributed by atoms with Gasteiger partial charge in [0.2, 0.25) is 0 Å². The highest BCUT2D eigenvalue weighted by Crippen LogP contribution is 2.19. The maximum absolute atomic E-state index is 10.8. The molecule has 2 rings (SSSR count). The van der Waals surface area contributed by atoms with Gasteiger partial charge in [0.05, 0.1) is 12.2 Å². The molecule has 1 heterocycles. The van der Waals surface area contributed by atoms with Gasteiger partial charge in [-0.25, -0.2) is 4.79 Å². The van der Waals surface area contributed by atoms with Gasteiger partial charge in [-0.1, -0.05) is 6.92 Å². The van der Waals surface area contributed by atoms with Crippen molar-refractivity contribution in [2.45, 2.75) is 19.9 Å². The first-order chi connectivity index (χ1) is 9.69. The van der Waals surface area contributed by atoms with Crippen molar-refractivity contribution in [1.29, 1.82) is 0 Å². The van der Waals surface area contributed by atoms with Crippen LogP contribution >= 0.6 is 11.3 Å². The van der Waals surface area contributed by atoms with Crippen molar-refractivity contribution >= 4 is 23.0 Å². The van der Waals surface area contributed by atoms with Crippen LogP contribution in [0.1, 0.15) is 28.6 Å². The van der Waals surface area contributed by atoms with Crippen LogP contribution in [0.4, 0.5) is 5.69 Å². The molecular formula is C15H17NO3S. The Morgan fingerprint density at radius 3 is 2.70 bits per heavy atom. The van der Waals surface area contributed by atoms with Gasteiger partial charge in [-0.3, -0.25) is 0 Å². The minimum Gasteiger partial charge on any atom is -0.494 e. The van der Waals surface area contributed by atoms with E-state index in [-0.39, 0.29) is 0 Å². The molecule has 0 saturated heterocycles. The monoisotopic (exact) mass is 291 g/mol. The quantitative estimate of drug-likeness (QED) is 0.813. The fourth-order valence-electron chi connectivity index (χ4n) is 1.66. The number of aromatic carboxylic acids is 1. The van der Waals surface area contributed by atoms with Gasteiger partial charge in [-0.15, -0.1) is 11.3 Å². The maximum Gasteiger partial charge on any atom is 0.336 e. The second-order valence-electron chi connectivity index (χ2n) is 4.33. The summed E-state index contributed by atoms with van der Waals surface area (Å²) in [5.41, 5.74) is 1.33. The molecule has 4 nitrogen and oxygen atoms in total. The van der Waals surface area contributed by atoms with E-state index in [2.05, 4.69) is 12.2 Å². The number of anilines is 1. The molecule has 106 valence electrons. The fourth-order valence-corrected chi connectivity index (χ4v) is 2.46. The zero-order chi connectivity index (χ0) is 14.4. The van der Waals surface area contributed by atoms with E-state index >= 15 is 0 Å². The van der Waals surface area contributed by atoms with Crippen molar-refractivity contribution in [2.24, 2.45) is 0 Å². The fraction of sp³-hybridized carbons (Fsp3) is 0.267. The van der Waals surface area contributed by atoms with Crippen LogP contribution in [0.25, 0.3) is 0 Å². The van der Waals surface area contributed by atoms with Crippen LogP contribution in [0.15, 0.2) is 35.7 Å². The summed E-state index contributed by atoms with van der Waals surface area (Å²) >= 11 is 1.44. The highest BCUT2D eigenvalue weighted by atomic mass is 32.1. The van der Waals surface area contributed by atoms with Crippen LogP contribution in [0.5, 0.6) is 5.75 Å². The second kappa shape index (κ2) is 6.96. The molecule has 2 aromatic rings. The Bertz CT molecular complexity index is 563. The van der Waals surface area contributed by atoms with Crippen molar-refractivity contribution in [1.82, 2.24) is 0 Å². The molecule has 0 fully saturated rings. The normalized spacial score (nSPS) is 10.2. The van der Waals surface area contributed by atoms with Crippen LogP contribution in [0.2, 0.25) is 0 Å². The van der Waals surface area contributed by atoms with Gasteiger partial charge in [0.25, 0.3) is 0 Å². The van der Waals surface area contributed by atoms with Crippen LogP contribution in [-0.4, -0.2) is 17.7 Å². The van der Waals surface area contributed by atoms with E-state index in [1.165, 1.54) is 11.3 Å². The molecule has 5 heteroatoms. The molecule has 0 saturated carbocycles. The van der Waals surface area contributed by atoms with Crippen molar-refractivity contribution in [3.05, 3.63) is 46.2 Å². The topological polar surface area (TPSA) is 58.6 Å². The number of rotatable bonds is 7. The summed E-state index contributed by atoms with van der Waals surface area (Å²) in [5, 5.41) is 13.8. The number of hydrogen-bond donors (Lipinski definition) is 2. The smallest absolute Gasteiger partial charge is 0.336 e. The number of carboxylic acids is 1. The van der Waals surface area contributed by atoms with Gasteiger partial charge in [-0.2, -0.15) is 0 Å². The molecule has 0 unspecified atom stereocenters. The van der Waals surface area contributed by atoms with Crippen molar-refractivity contribution in [3.63, 3.8) is 0 Å². The second-order valence-corrected chi connectivity index (χ2v) is 5.33. The number of thiophene rings is 1. The molecular weight excluding hydrogens is 274 g/mol. The lowest BCUT2D eigenvalue weighted by Crippen LogP contribution is -1.99. The summed E-state index contributed by atoms with van der Waals surface area (Å²) in [7, 11) is 0. The summed E-state index contributed by atoms with van der Waals surface area (Å²) < 4.78 is 5.51. The summed E-state index contributed by atoms with van der Waals surface area (Å²) in [5.74, 6) is -0.0217. The van der Waals surface area contributed by atoms with E-state index in [1.807, 2.05) is 24.3 Å². The molecule has 20 heavy (non-hydrogen) atoms. The molecule has 0 amide bonds. The van der Waals surface area contributed by atoms with E-state index in [1.54, 1.807) is 11.4 Å². The SMILES string of the molecule is CCCOc1ccc(NCc2cc(C(=O)O)cs2)cc1. The van der Waals surface area contributed by atoms with E-state index in [4.69, 9.17) is 9.84 Å². The Kier molecular flexibility index (Phi) is 5.01. The lowest BCUT2D eigenvalue weighted by Gasteiger charge is -2.07. The van der Waals surface area contributed by atoms with E-state index in [0.29, 0.717) is 12.1 Å². The lowest BCUT2D eigenvalue weighted by atomic mass is 10.3. The summed E-state index contributed by atoms with van der Waals surface area (Å²) in [6.45, 7) is 3.41. The van der Waals surface area contributed by atoms with Gasteiger partial charge in [0.15, 0.2) is 0 Å². The zero-order valence-corrected chi connectivity index (χ0v) is 12.1. The third-order valence-electron chi connectivity index (χ3n) is 2.69. The largest absolute Gasteiger partial charge is 0.494 e. The molecule has 2 N–H and O–H groups in total. The Hall–Kier alpha value is -2.01. The third-order valence-corrected chi connectivity index (χ3v) is 3.63. The zero-order valence-electron chi connectivity index (χ0n) is 11.3. The average Bonchev–Trinajstić information content (AvgIpc) is 2.93. The van der Waals surface area contributed by atoms with Crippen LogP contribution in [-0.2, 0) is 6.54 Å². The van der Waals surface area contributed by atoms with E-state index in [0.717, 1.165) is 29.3 Å². The van der Waals surface area contributed by atoms with Gasteiger partial charge in [0.1, 0.15) is 5.75 Å². The van der Waals surface area contributed by atoms with Crippen LogP contribution in [0.3, 0.4) is 0 Å². The third kappa shape index (κ3) is 3.99. The summed E-state index contributed by atoms with van der Waals surface area (Å²) in [6.07, 6.45) is 0.990. The van der Waals surface area contributed by atoms with Gasteiger partial charge < -0.3 is 15.2 Å². The molecule has 0 bridgehead atoms. The first-order valence-corrected chi connectivity index (χ1v) is 7.34. The molecule has 0 aliphatic rings. The van der Waals surface area contributed by atoms with E-state index < -0.39 is 5.97 Å². The summed E-state index contributed by atoms with van der Waals surface area (Å²) in [4.78, 5) is 11.8. The molecule has 0 aliphatic heterocycles. The Morgan fingerprint density at radius 2 is 2.10 bits per heavy atom. The summed E-state index contributed by atoms with van der Waals surface area (Å²) in [6, 6.07) is 9.45. The number of carbonyl (C=O) groups is 1. The standard InChI is InChI=1S/C15H17NO3S/c1-2-7-19-13-5-3-12(4-6-13)16-9-14-8-11(10-20-14)15(17)18/h3-6,8,10,16H,2,7,9H2,1H3,(H,17,18). The maximum atomic E-state index is 10.8. The Labute approximate surface area is 122 Å². The molecule has 0 radical (unpaired) electrons. The number of nitrogens with one attached hydrogen (secondary N) is 1. The Morgan fingerprint density at radius 1 is 1.35 bits per heavy atom. The molecule has 0 atom stereocenters. The van der Waals surface area contributed by atoms with Crippen LogP contribution < -0.4 is 10.1 Å². The highest BCUT2D eigenvalue weighted by Gasteiger charge is 2.06.